The van der Waals surface area contributed by atoms with Crippen LogP contribution < -0.4 is 10.5 Å². The van der Waals surface area contributed by atoms with Gasteiger partial charge in [-0.25, -0.2) is 13.4 Å². The molecule has 0 radical (unpaired) electrons. The molecule has 0 aliphatic rings. The van der Waals surface area contributed by atoms with Gasteiger partial charge in [-0.3, -0.25) is 14.2 Å². The molecule has 10 nitrogen and oxygen atoms in total. The minimum atomic E-state index is -3.27. The lowest BCUT2D eigenvalue weighted by Gasteiger charge is -2.17. The van der Waals surface area contributed by atoms with Crippen LogP contribution in [0.5, 0.6) is 5.88 Å². The topological polar surface area (TPSA) is 133 Å². The second-order valence-electron chi connectivity index (χ2n) is 9.06. The van der Waals surface area contributed by atoms with Crippen molar-refractivity contribution >= 4 is 44.3 Å². The maximum absolute atomic E-state index is 11.8. The molecule has 0 spiro atoms. The van der Waals surface area contributed by atoms with Crippen LogP contribution in [0.4, 0.5) is 0 Å². The van der Waals surface area contributed by atoms with Crippen LogP contribution >= 0.6 is 22.9 Å². The maximum atomic E-state index is 11.8. The molecule has 1 amide bonds. The number of amides is 1. The molecule has 0 aliphatic carbocycles. The van der Waals surface area contributed by atoms with Crippen LogP contribution in [-0.2, 0) is 33.4 Å². The Morgan fingerprint density at radius 3 is 2.68 bits per heavy atom. The molecule has 3 heterocycles. The summed E-state index contributed by atoms with van der Waals surface area (Å²) < 4.78 is 31.4. The molecule has 1 aromatic carbocycles. The zero-order valence-electron chi connectivity index (χ0n) is 20.8. The van der Waals surface area contributed by atoms with E-state index in [1.807, 2.05) is 39.2 Å². The van der Waals surface area contributed by atoms with E-state index in [1.54, 1.807) is 16.8 Å². The van der Waals surface area contributed by atoms with Crippen LogP contribution in [0.15, 0.2) is 36.8 Å². The minimum absolute atomic E-state index is 0.0488. The average Bonchev–Trinajstić information content (AvgIpc) is 3.35. The Morgan fingerprint density at radius 2 is 2.03 bits per heavy atom. The normalized spacial score (nSPS) is 12.8. The van der Waals surface area contributed by atoms with Gasteiger partial charge in [-0.2, -0.15) is 4.98 Å². The number of imidazole rings is 1. The van der Waals surface area contributed by atoms with Crippen molar-refractivity contribution in [3.8, 4) is 16.6 Å². The van der Waals surface area contributed by atoms with Gasteiger partial charge in [-0.05, 0) is 32.6 Å². The molecule has 37 heavy (non-hydrogen) atoms. The highest BCUT2D eigenvalue weighted by Gasteiger charge is 2.22. The number of carbonyl (C=O) groups is 1. The van der Waals surface area contributed by atoms with Crippen LogP contribution in [0, 0.1) is 0 Å². The van der Waals surface area contributed by atoms with Gasteiger partial charge < -0.3 is 15.4 Å². The summed E-state index contributed by atoms with van der Waals surface area (Å²) in [5.74, 6) is -0.442. The van der Waals surface area contributed by atoms with Gasteiger partial charge in [0.2, 0.25) is 11.8 Å². The number of benzene rings is 1. The Morgan fingerprint density at radius 1 is 1.27 bits per heavy atom. The summed E-state index contributed by atoms with van der Waals surface area (Å²) in [5.41, 5.74) is 8.86. The molecule has 0 saturated heterocycles. The average molecular weight is 563 g/mol. The maximum Gasteiger partial charge on any atom is 0.229 e. The largest absolute Gasteiger partial charge is 0.469 e. The number of ether oxygens (including phenoxy) is 1. The monoisotopic (exact) mass is 562 g/mol. The number of nitrogens with zero attached hydrogens (tertiary/aromatic N) is 5. The quantitative estimate of drug-likeness (QED) is 0.311. The first-order valence-corrected chi connectivity index (χ1v) is 14.5. The van der Waals surface area contributed by atoms with Crippen molar-refractivity contribution in [3.63, 3.8) is 0 Å². The van der Waals surface area contributed by atoms with E-state index in [9.17, 15) is 13.2 Å². The lowest BCUT2D eigenvalue weighted by molar-refractivity contribution is -0.117. The third kappa shape index (κ3) is 6.63. The third-order valence-corrected chi connectivity index (χ3v) is 7.57. The van der Waals surface area contributed by atoms with Crippen molar-refractivity contribution in [2.75, 3.05) is 20.4 Å². The van der Waals surface area contributed by atoms with E-state index in [-0.39, 0.29) is 18.1 Å². The molecule has 0 saturated carbocycles. The molecule has 0 fully saturated rings. The fourth-order valence-electron chi connectivity index (χ4n) is 3.83. The van der Waals surface area contributed by atoms with Crippen molar-refractivity contribution in [2.45, 2.75) is 31.7 Å². The lowest BCUT2D eigenvalue weighted by atomic mass is 10.1. The molecule has 4 aromatic rings. The first-order valence-electron chi connectivity index (χ1n) is 11.3. The standard InChI is InChI=1S/C24H27ClN6O4S2/c1-14(17-6-5-15(7-18(17)25)11-30(2)3)35-23-20(8-21(26)32)36-24(29-23)19-9-28-22-10-27-16(12-31(19)22)13-37(4,33)34/h5-7,9-10,12,14H,8,11,13H2,1-4H3,(H2,26,32)/t14-/m1/s1. The molecular formula is C24H27ClN6O4S2. The first-order chi connectivity index (χ1) is 17.4. The smallest absolute Gasteiger partial charge is 0.229 e. The van der Waals surface area contributed by atoms with Gasteiger partial charge >= 0.3 is 0 Å². The van der Waals surface area contributed by atoms with Crippen molar-refractivity contribution in [1.82, 2.24) is 24.3 Å². The molecule has 0 bridgehead atoms. The van der Waals surface area contributed by atoms with Gasteiger partial charge in [0.1, 0.15) is 16.8 Å². The van der Waals surface area contributed by atoms with Crippen molar-refractivity contribution in [1.29, 1.82) is 0 Å². The second-order valence-corrected chi connectivity index (χ2v) is 12.7. The van der Waals surface area contributed by atoms with Crippen LogP contribution in [0.3, 0.4) is 0 Å². The van der Waals surface area contributed by atoms with E-state index >= 15 is 0 Å². The second kappa shape index (κ2) is 10.7. The van der Waals surface area contributed by atoms with Gasteiger partial charge in [0.25, 0.3) is 0 Å². The Labute approximate surface area is 224 Å². The number of halogens is 1. The fraction of sp³-hybridized carbons (Fsp3) is 0.333. The number of aromatic nitrogens is 4. The van der Waals surface area contributed by atoms with Crippen molar-refractivity contribution in [2.24, 2.45) is 5.73 Å². The summed E-state index contributed by atoms with van der Waals surface area (Å²) in [6, 6.07) is 5.83. The number of fused-ring (bicyclic) bond motifs is 1. The van der Waals surface area contributed by atoms with Gasteiger partial charge in [0, 0.05) is 29.6 Å². The predicted octanol–water partition coefficient (Wildman–Crippen LogP) is 3.28. The summed E-state index contributed by atoms with van der Waals surface area (Å²) in [6.45, 7) is 2.62. The number of sulfone groups is 1. The Hall–Kier alpha value is -3.06. The number of thiazole rings is 1. The number of hydrogen-bond acceptors (Lipinski definition) is 9. The molecule has 4 rings (SSSR count). The van der Waals surface area contributed by atoms with E-state index in [2.05, 4.69) is 19.9 Å². The summed E-state index contributed by atoms with van der Waals surface area (Å²) in [7, 11) is 0.705. The summed E-state index contributed by atoms with van der Waals surface area (Å²) >= 11 is 7.81. The highest BCUT2D eigenvalue weighted by Crippen LogP contribution is 2.36. The van der Waals surface area contributed by atoms with Crippen LogP contribution in [0.2, 0.25) is 5.02 Å². The zero-order valence-corrected chi connectivity index (χ0v) is 23.2. The van der Waals surface area contributed by atoms with Gasteiger partial charge in [-0.1, -0.05) is 23.7 Å². The van der Waals surface area contributed by atoms with Gasteiger partial charge in [0.05, 0.1) is 35.1 Å². The van der Waals surface area contributed by atoms with E-state index in [4.69, 9.17) is 22.1 Å². The molecule has 2 N–H and O–H groups in total. The molecule has 1 atom stereocenters. The first kappa shape index (κ1) is 27.0. The zero-order chi connectivity index (χ0) is 26.9. The summed E-state index contributed by atoms with van der Waals surface area (Å²) in [5, 5.41) is 1.11. The van der Waals surface area contributed by atoms with Gasteiger partial charge in [0.15, 0.2) is 15.5 Å². The SMILES string of the molecule is C[C@@H](Oc1nc(-c2cnc3cnc(CS(C)(=O)=O)cn23)sc1CC(N)=O)c1ccc(CN(C)C)cc1Cl. The molecule has 196 valence electrons. The van der Waals surface area contributed by atoms with Crippen molar-refractivity contribution in [3.05, 3.63) is 63.5 Å². The Bertz CT molecular complexity index is 1560. The number of nitrogens with two attached hydrogens (primary N) is 1. The number of carbonyl (C=O) groups excluding carboxylic acids is 1. The highest BCUT2D eigenvalue weighted by molar-refractivity contribution is 7.89. The number of primary amides is 1. The predicted molar refractivity (Wildman–Crippen MR) is 143 cm³/mol. The minimum Gasteiger partial charge on any atom is -0.469 e. The fourth-order valence-corrected chi connectivity index (χ4v) is 5.89. The molecular weight excluding hydrogens is 536 g/mol. The number of hydrogen-bond donors (Lipinski definition) is 1. The van der Waals surface area contributed by atoms with Crippen molar-refractivity contribution < 1.29 is 17.9 Å². The molecule has 13 heteroatoms. The summed E-state index contributed by atoms with van der Waals surface area (Å²) in [6.07, 6.45) is 5.39. The number of rotatable bonds is 10. The van der Waals surface area contributed by atoms with Crippen LogP contribution in [-0.4, -0.2) is 58.9 Å². The van der Waals surface area contributed by atoms with Gasteiger partial charge in [-0.15, -0.1) is 11.3 Å². The molecule has 3 aromatic heterocycles. The van der Waals surface area contributed by atoms with Crippen LogP contribution in [0.1, 0.15) is 34.7 Å². The Balaban J connectivity index is 1.68. The molecule has 0 unspecified atom stereocenters. The summed E-state index contributed by atoms with van der Waals surface area (Å²) in [4.78, 5) is 27.6. The highest BCUT2D eigenvalue weighted by atomic mass is 35.5. The van der Waals surface area contributed by atoms with E-state index in [0.29, 0.717) is 31.9 Å². The lowest BCUT2D eigenvalue weighted by Crippen LogP contribution is -2.14. The van der Waals surface area contributed by atoms with E-state index in [0.717, 1.165) is 23.9 Å². The van der Waals surface area contributed by atoms with E-state index in [1.165, 1.54) is 17.5 Å². The third-order valence-electron chi connectivity index (χ3n) is 5.36. The van der Waals surface area contributed by atoms with Crippen LogP contribution in [0.25, 0.3) is 16.3 Å². The Kier molecular flexibility index (Phi) is 7.83. The molecule has 0 aliphatic heterocycles. The van der Waals surface area contributed by atoms with E-state index < -0.39 is 21.8 Å².